The Morgan fingerprint density at radius 2 is 2.25 bits per heavy atom. The van der Waals surface area contributed by atoms with Crippen LogP contribution in [0.4, 0.5) is 5.13 Å². The van der Waals surface area contributed by atoms with Crippen LogP contribution in [-0.2, 0) is 0 Å². The Bertz CT molecular complexity index is 551. The molecule has 0 fully saturated rings. The lowest BCUT2D eigenvalue weighted by atomic mass is 10.1. The Kier molecular flexibility index (Phi) is 2.94. The standard InChI is InChI=1S/C11H9ClN2OS/c1-6(15)9-10(16-11(13)14-9)7-3-2-4-8(12)5-7/h2-5H,1H3,(H2,13,14). The van der Waals surface area contributed by atoms with Crippen LogP contribution < -0.4 is 5.73 Å². The first kappa shape index (κ1) is 11.1. The third kappa shape index (κ3) is 2.08. The van der Waals surface area contributed by atoms with Crippen LogP contribution >= 0.6 is 22.9 Å². The number of anilines is 1. The quantitative estimate of drug-likeness (QED) is 0.835. The second kappa shape index (κ2) is 4.23. The van der Waals surface area contributed by atoms with Crippen molar-refractivity contribution in [3.05, 3.63) is 35.0 Å². The SMILES string of the molecule is CC(=O)c1nc(N)sc1-c1cccc(Cl)c1. The molecule has 0 saturated heterocycles. The summed E-state index contributed by atoms with van der Waals surface area (Å²) in [6.45, 7) is 1.47. The molecule has 1 aromatic carbocycles. The first-order valence-electron chi connectivity index (χ1n) is 4.61. The molecule has 5 heteroatoms. The molecule has 0 unspecified atom stereocenters. The number of Topliss-reactive ketones (excluding diaryl/α,β-unsaturated/α-hetero) is 1. The minimum absolute atomic E-state index is 0.0945. The summed E-state index contributed by atoms with van der Waals surface area (Å²) in [4.78, 5) is 16.2. The normalized spacial score (nSPS) is 10.4. The molecule has 1 heterocycles. The number of halogens is 1. The number of carbonyl (C=O) groups excluding carboxylic acids is 1. The maximum Gasteiger partial charge on any atom is 0.181 e. The average Bonchev–Trinajstić information content (AvgIpc) is 2.60. The highest BCUT2D eigenvalue weighted by Crippen LogP contribution is 2.33. The molecule has 1 aromatic heterocycles. The summed E-state index contributed by atoms with van der Waals surface area (Å²) in [5.41, 5.74) is 6.89. The molecule has 82 valence electrons. The fraction of sp³-hybridized carbons (Fsp3) is 0.0909. The van der Waals surface area contributed by atoms with E-state index >= 15 is 0 Å². The molecule has 0 atom stereocenters. The van der Waals surface area contributed by atoms with Gasteiger partial charge in [0.05, 0.1) is 4.88 Å². The third-order valence-corrected chi connectivity index (χ3v) is 3.23. The average molecular weight is 253 g/mol. The van der Waals surface area contributed by atoms with Crippen molar-refractivity contribution in [3.8, 4) is 10.4 Å². The highest BCUT2D eigenvalue weighted by Gasteiger charge is 2.15. The molecule has 2 aromatic rings. The maximum absolute atomic E-state index is 11.4. The van der Waals surface area contributed by atoms with Gasteiger partial charge in [-0.15, -0.1) is 0 Å². The number of thiazole rings is 1. The summed E-state index contributed by atoms with van der Waals surface area (Å²) < 4.78 is 0. The number of benzene rings is 1. The fourth-order valence-corrected chi connectivity index (χ4v) is 2.47. The van der Waals surface area contributed by atoms with Gasteiger partial charge >= 0.3 is 0 Å². The number of nitrogens with two attached hydrogens (primary N) is 1. The predicted molar refractivity (Wildman–Crippen MR) is 67.0 cm³/mol. The van der Waals surface area contributed by atoms with Gasteiger partial charge in [0, 0.05) is 11.9 Å². The van der Waals surface area contributed by atoms with E-state index in [-0.39, 0.29) is 5.78 Å². The molecule has 0 radical (unpaired) electrons. The second-order valence-corrected chi connectivity index (χ2v) is 4.76. The van der Waals surface area contributed by atoms with Crippen molar-refractivity contribution in [2.75, 3.05) is 5.73 Å². The lowest BCUT2D eigenvalue weighted by Crippen LogP contribution is -1.95. The van der Waals surface area contributed by atoms with E-state index in [1.807, 2.05) is 12.1 Å². The van der Waals surface area contributed by atoms with Crippen LogP contribution in [0.25, 0.3) is 10.4 Å². The van der Waals surface area contributed by atoms with E-state index in [2.05, 4.69) is 4.98 Å². The lowest BCUT2D eigenvalue weighted by Gasteiger charge is -1.99. The Hall–Kier alpha value is -1.39. The second-order valence-electron chi connectivity index (χ2n) is 3.30. The maximum atomic E-state index is 11.4. The number of hydrogen-bond donors (Lipinski definition) is 1. The Morgan fingerprint density at radius 3 is 2.88 bits per heavy atom. The van der Waals surface area contributed by atoms with Crippen LogP contribution in [0.1, 0.15) is 17.4 Å². The van der Waals surface area contributed by atoms with Crippen molar-refractivity contribution >= 4 is 33.9 Å². The van der Waals surface area contributed by atoms with E-state index in [4.69, 9.17) is 17.3 Å². The van der Waals surface area contributed by atoms with Gasteiger partial charge in [-0.25, -0.2) is 4.98 Å². The Labute approximate surface area is 102 Å². The van der Waals surface area contributed by atoms with E-state index < -0.39 is 0 Å². The summed E-state index contributed by atoms with van der Waals surface area (Å²) in [5.74, 6) is -0.0945. The number of rotatable bonds is 2. The van der Waals surface area contributed by atoms with Gasteiger partial charge in [0.1, 0.15) is 5.69 Å². The van der Waals surface area contributed by atoms with Crippen molar-refractivity contribution < 1.29 is 4.79 Å². The molecule has 2 N–H and O–H groups in total. The number of carbonyl (C=O) groups is 1. The molecular formula is C11H9ClN2OS. The van der Waals surface area contributed by atoms with Crippen LogP contribution in [0, 0.1) is 0 Å². The van der Waals surface area contributed by atoms with E-state index in [0.717, 1.165) is 10.4 Å². The molecule has 0 spiro atoms. The van der Waals surface area contributed by atoms with E-state index in [9.17, 15) is 4.79 Å². The number of nitrogen functional groups attached to an aromatic ring is 1. The van der Waals surface area contributed by atoms with E-state index in [0.29, 0.717) is 15.8 Å². The topological polar surface area (TPSA) is 56.0 Å². The monoisotopic (exact) mass is 252 g/mol. The van der Waals surface area contributed by atoms with Gasteiger partial charge in [-0.2, -0.15) is 0 Å². The highest BCUT2D eigenvalue weighted by atomic mass is 35.5. The first-order chi connectivity index (χ1) is 7.58. The summed E-state index contributed by atoms with van der Waals surface area (Å²) >= 11 is 7.19. The molecular weight excluding hydrogens is 244 g/mol. The molecule has 0 aliphatic rings. The zero-order chi connectivity index (χ0) is 11.7. The minimum Gasteiger partial charge on any atom is -0.375 e. The third-order valence-electron chi connectivity index (χ3n) is 2.06. The summed E-state index contributed by atoms with van der Waals surface area (Å²) in [6, 6.07) is 7.28. The molecule has 0 aliphatic heterocycles. The largest absolute Gasteiger partial charge is 0.375 e. The Morgan fingerprint density at radius 1 is 1.50 bits per heavy atom. The van der Waals surface area contributed by atoms with Gasteiger partial charge < -0.3 is 5.73 Å². The van der Waals surface area contributed by atoms with Crippen LogP contribution in [0.15, 0.2) is 24.3 Å². The molecule has 2 rings (SSSR count). The van der Waals surface area contributed by atoms with Gasteiger partial charge in [-0.3, -0.25) is 4.79 Å². The van der Waals surface area contributed by atoms with Crippen LogP contribution in [0.3, 0.4) is 0 Å². The highest BCUT2D eigenvalue weighted by molar-refractivity contribution is 7.19. The zero-order valence-electron chi connectivity index (χ0n) is 8.53. The van der Waals surface area contributed by atoms with E-state index in [1.165, 1.54) is 18.3 Å². The molecule has 3 nitrogen and oxygen atoms in total. The first-order valence-corrected chi connectivity index (χ1v) is 5.80. The van der Waals surface area contributed by atoms with Crippen molar-refractivity contribution in [3.63, 3.8) is 0 Å². The number of hydrogen-bond acceptors (Lipinski definition) is 4. The van der Waals surface area contributed by atoms with Crippen molar-refractivity contribution in [2.45, 2.75) is 6.92 Å². The molecule has 0 amide bonds. The molecule has 0 saturated carbocycles. The smallest absolute Gasteiger partial charge is 0.181 e. The van der Waals surface area contributed by atoms with Gasteiger partial charge in [0.25, 0.3) is 0 Å². The number of ketones is 1. The summed E-state index contributed by atoms with van der Waals surface area (Å²) in [7, 11) is 0. The van der Waals surface area contributed by atoms with Crippen LogP contribution in [0.5, 0.6) is 0 Å². The van der Waals surface area contributed by atoms with Crippen molar-refractivity contribution in [2.24, 2.45) is 0 Å². The lowest BCUT2D eigenvalue weighted by molar-refractivity contribution is 0.101. The van der Waals surface area contributed by atoms with Gasteiger partial charge in [-0.1, -0.05) is 35.1 Å². The number of nitrogens with zero attached hydrogens (tertiary/aromatic N) is 1. The zero-order valence-corrected chi connectivity index (χ0v) is 10.1. The predicted octanol–water partition coefficient (Wildman–Crippen LogP) is 3.25. The van der Waals surface area contributed by atoms with Crippen molar-refractivity contribution in [1.29, 1.82) is 0 Å². The molecule has 0 bridgehead atoms. The summed E-state index contributed by atoms with van der Waals surface area (Å²) in [6.07, 6.45) is 0. The summed E-state index contributed by atoms with van der Waals surface area (Å²) in [5, 5.41) is 1.01. The number of aromatic nitrogens is 1. The van der Waals surface area contributed by atoms with E-state index in [1.54, 1.807) is 12.1 Å². The molecule has 16 heavy (non-hydrogen) atoms. The van der Waals surface area contributed by atoms with Crippen LogP contribution in [0.2, 0.25) is 5.02 Å². The fourth-order valence-electron chi connectivity index (χ4n) is 1.40. The van der Waals surface area contributed by atoms with Crippen molar-refractivity contribution in [1.82, 2.24) is 4.98 Å². The van der Waals surface area contributed by atoms with Gasteiger partial charge in [0.2, 0.25) is 0 Å². The Balaban J connectivity index is 2.59. The van der Waals surface area contributed by atoms with Crippen LogP contribution in [-0.4, -0.2) is 10.8 Å². The van der Waals surface area contributed by atoms with Gasteiger partial charge in [0.15, 0.2) is 10.9 Å². The minimum atomic E-state index is -0.0945. The van der Waals surface area contributed by atoms with Gasteiger partial charge in [-0.05, 0) is 17.7 Å². The molecule has 0 aliphatic carbocycles.